The van der Waals surface area contributed by atoms with E-state index in [0.29, 0.717) is 6.54 Å². The highest BCUT2D eigenvalue weighted by molar-refractivity contribution is 5.79. The second kappa shape index (κ2) is 5.32. The molecule has 2 rings (SSSR count). The standard InChI is InChI=1S/C14H19NO2/c1-17-14(16)13(9-15)12-8-4-6-10-5-2-3-7-11(10)12/h4,6,8,13H,2-3,5,7,9,15H2,1H3. The molecule has 0 fully saturated rings. The fraction of sp³-hybridized carbons (Fsp3) is 0.500. The van der Waals surface area contributed by atoms with Gasteiger partial charge >= 0.3 is 5.97 Å². The van der Waals surface area contributed by atoms with E-state index >= 15 is 0 Å². The SMILES string of the molecule is COC(=O)C(CN)c1cccc2c1CCCC2. The maximum absolute atomic E-state index is 11.7. The van der Waals surface area contributed by atoms with Crippen LogP contribution in [-0.2, 0) is 22.4 Å². The zero-order chi connectivity index (χ0) is 12.3. The topological polar surface area (TPSA) is 52.3 Å². The number of esters is 1. The number of carbonyl (C=O) groups is 1. The normalized spacial score (nSPS) is 16.1. The first-order valence-electron chi connectivity index (χ1n) is 6.16. The lowest BCUT2D eigenvalue weighted by molar-refractivity contribution is -0.142. The number of fused-ring (bicyclic) bond motifs is 1. The van der Waals surface area contributed by atoms with Gasteiger partial charge in [0.2, 0.25) is 0 Å². The molecule has 3 heteroatoms. The van der Waals surface area contributed by atoms with Crippen LogP contribution in [0.1, 0.15) is 35.4 Å². The van der Waals surface area contributed by atoms with Gasteiger partial charge in [-0.25, -0.2) is 0 Å². The Balaban J connectivity index is 2.40. The van der Waals surface area contributed by atoms with E-state index in [1.807, 2.05) is 12.1 Å². The smallest absolute Gasteiger partial charge is 0.314 e. The van der Waals surface area contributed by atoms with Crippen LogP contribution in [-0.4, -0.2) is 19.6 Å². The van der Waals surface area contributed by atoms with E-state index < -0.39 is 0 Å². The van der Waals surface area contributed by atoms with Gasteiger partial charge in [-0.3, -0.25) is 4.79 Å². The van der Waals surface area contributed by atoms with Gasteiger partial charge in [0.15, 0.2) is 0 Å². The number of nitrogens with two attached hydrogens (primary N) is 1. The Kier molecular flexibility index (Phi) is 3.79. The third-order valence-electron chi connectivity index (χ3n) is 3.53. The zero-order valence-corrected chi connectivity index (χ0v) is 10.2. The molecule has 1 aromatic carbocycles. The Morgan fingerprint density at radius 2 is 2.18 bits per heavy atom. The molecule has 1 aromatic rings. The molecule has 0 spiro atoms. The molecule has 2 N–H and O–H groups in total. The molecule has 17 heavy (non-hydrogen) atoms. The maximum atomic E-state index is 11.7. The molecule has 92 valence electrons. The number of rotatable bonds is 3. The van der Waals surface area contributed by atoms with Crippen molar-refractivity contribution in [2.45, 2.75) is 31.6 Å². The highest BCUT2D eigenvalue weighted by Gasteiger charge is 2.24. The Morgan fingerprint density at radius 3 is 2.88 bits per heavy atom. The first-order chi connectivity index (χ1) is 8.27. The minimum Gasteiger partial charge on any atom is -0.469 e. The maximum Gasteiger partial charge on any atom is 0.314 e. The second-order valence-electron chi connectivity index (χ2n) is 4.50. The van der Waals surface area contributed by atoms with Gasteiger partial charge in [-0.2, -0.15) is 0 Å². The zero-order valence-electron chi connectivity index (χ0n) is 10.2. The van der Waals surface area contributed by atoms with Gasteiger partial charge in [0.05, 0.1) is 13.0 Å². The van der Waals surface area contributed by atoms with Gasteiger partial charge in [0.1, 0.15) is 0 Å². The predicted octanol–water partition coefficient (Wildman–Crippen LogP) is 1.78. The molecular formula is C14H19NO2. The summed E-state index contributed by atoms with van der Waals surface area (Å²) in [6.07, 6.45) is 4.60. The summed E-state index contributed by atoms with van der Waals surface area (Å²) in [5.41, 5.74) is 9.47. The van der Waals surface area contributed by atoms with Crippen molar-refractivity contribution >= 4 is 5.97 Å². The van der Waals surface area contributed by atoms with Crippen LogP contribution >= 0.6 is 0 Å². The van der Waals surface area contributed by atoms with E-state index in [1.54, 1.807) is 0 Å². The van der Waals surface area contributed by atoms with E-state index in [0.717, 1.165) is 18.4 Å². The van der Waals surface area contributed by atoms with Gasteiger partial charge in [0, 0.05) is 6.54 Å². The monoisotopic (exact) mass is 233 g/mol. The number of hydrogen-bond donors (Lipinski definition) is 1. The Morgan fingerprint density at radius 1 is 1.41 bits per heavy atom. The third kappa shape index (κ3) is 2.34. The fourth-order valence-corrected chi connectivity index (χ4v) is 2.63. The van der Waals surface area contributed by atoms with Crippen LogP contribution in [0.5, 0.6) is 0 Å². The van der Waals surface area contributed by atoms with Crippen LogP contribution in [0.15, 0.2) is 18.2 Å². The summed E-state index contributed by atoms with van der Waals surface area (Å²) in [4.78, 5) is 11.7. The molecule has 1 atom stereocenters. The van der Waals surface area contributed by atoms with Crippen molar-refractivity contribution in [3.05, 3.63) is 34.9 Å². The molecule has 0 saturated carbocycles. The summed E-state index contributed by atoms with van der Waals surface area (Å²) in [6, 6.07) is 6.19. The Hall–Kier alpha value is -1.35. The van der Waals surface area contributed by atoms with Crippen molar-refractivity contribution in [1.82, 2.24) is 0 Å². The quantitative estimate of drug-likeness (QED) is 0.810. The number of benzene rings is 1. The van der Waals surface area contributed by atoms with Gasteiger partial charge in [-0.15, -0.1) is 0 Å². The van der Waals surface area contributed by atoms with Gasteiger partial charge < -0.3 is 10.5 Å². The first-order valence-corrected chi connectivity index (χ1v) is 6.16. The minimum absolute atomic E-state index is 0.230. The molecule has 0 saturated heterocycles. The summed E-state index contributed by atoms with van der Waals surface area (Å²) in [5.74, 6) is -0.542. The van der Waals surface area contributed by atoms with Crippen molar-refractivity contribution in [2.24, 2.45) is 5.73 Å². The van der Waals surface area contributed by atoms with Crippen molar-refractivity contribution in [1.29, 1.82) is 0 Å². The van der Waals surface area contributed by atoms with Crippen LogP contribution < -0.4 is 5.73 Å². The summed E-state index contributed by atoms with van der Waals surface area (Å²) < 4.78 is 4.83. The fourth-order valence-electron chi connectivity index (χ4n) is 2.63. The molecule has 0 bridgehead atoms. The van der Waals surface area contributed by atoms with E-state index in [-0.39, 0.29) is 11.9 Å². The van der Waals surface area contributed by atoms with Crippen LogP contribution in [0.4, 0.5) is 0 Å². The van der Waals surface area contributed by atoms with Crippen molar-refractivity contribution in [2.75, 3.05) is 13.7 Å². The van der Waals surface area contributed by atoms with Crippen molar-refractivity contribution < 1.29 is 9.53 Å². The largest absolute Gasteiger partial charge is 0.469 e. The van der Waals surface area contributed by atoms with Crippen LogP contribution in [0, 0.1) is 0 Å². The van der Waals surface area contributed by atoms with Crippen molar-refractivity contribution in [3.8, 4) is 0 Å². The van der Waals surface area contributed by atoms with Gasteiger partial charge in [-0.05, 0) is 42.4 Å². The van der Waals surface area contributed by atoms with Crippen LogP contribution in [0.2, 0.25) is 0 Å². The molecular weight excluding hydrogens is 214 g/mol. The van der Waals surface area contributed by atoms with E-state index in [9.17, 15) is 4.79 Å². The molecule has 1 aliphatic carbocycles. The molecule has 3 nitrogen and oxygen atoms in total. The highest BCUT2D eigenvalue weighted by atomic mass is 16.5. The highest BCUT2D eigenvalue weighted by Crippen LogP contribution is 2.29. The number of aryl methyl sites for hydroxylation is 1. The molecule has 1 unspecified atom stereocenters. The van der Waals surface area contributed by atoms with Gasteiger partial charge in [-0.1, -0.05) is 18.2 Å². The summed E-state index contributed by atoms with van der Waals surface area (Å²) in [5, 5.41) is 0. The minimum atomic E-state index is -0.312. The summed E-state index contributed by atoms with van der Waals surface area (Å²) >= 11 is 0. The number of ether oxygens (including phenoxy) is 1. The molecule has 0 radical (unpaired) electrons. The molecule has 0 aromatic heterocycles. The van der Waals surface area contributed by atoms with Crippen molar-refractivity contribution in [3.63, 3.8) is 0 Å². The average Bonchev–Trinajstić information content (AvgIpc) is 2.39. The Labute approximate surface area is 102 Å². The lowest BCUT2D eigenvalue weighted by Crippen LogP contribution is -2.25. The number of methoxy groups -OCH3 is 1. The van der Waals surface area contributed by atoms with E-state index in [4.69, 9.17) is 10.5 Å². The van der Waals surface area contributed by atoms with E-state index in [1.165, 1.54) is 31.1 Å². The van der Waals surface area contributed by atoms with Crippen LogP contribution in [0.25, 0.3) is 0 Å². The second-order valence-corrected chi connectivity index (χ2v) is 4.50. The lowest BCUT2D eigenvalue weighted by Gasteiger charge is -2.22. The lowest BCUT2D eigenvalue weighted by atomic mass is 9.83. The number of carbonyl (C=O) groups excluding carboxylic acids is 1. The third-order valence-corrected chi connectivity index (χ3v) is 3.53. The average molecular weight is 233 g/mol. The molecule has 0 amide bonds. The number of hydrogen-bond acceptors (Lipinski definition) is 3. The van der Waals surface area contributed by atoms with Crippen LogP contribution in [0.3, 0.4) is 0 Å². The molecule has 0 aliphatic heterocycles. The predicted molar refractivity (Wildman–Crippen MR) is 66.9 cm³/mol. The summed E-state index contributed by atoms with van der Waals surface area (Å²) in [7, 11) is 1.42. The van der Waals surface area contributed by atoms with Gasteiger partial charge in [0.25, 0.3) is 0 Å². The molecule has 1 aliphatic rings. The Bertz CT molecular complexity index is 415. The van der Waals surface area contributed by atoms with E-state index in [2.05, 4.69) is 6.07 Å². The summed E-state index contributed by atoms with van der Waals surface area (Å²) in [6.45, 7) is 0.309. The molecule has 0 heterocycles. The first kappa shape index (κ1) is 12.1.